The van der Waals surface area contributed by atoms with Gasteiger partial charge in [0.05, 0.1) is 12.6 Å². The van der Waals surface area contributed by atoms with Crippen molar-refractivity contribution in [3.8, 4) is 0 Å². The van der Waals surface area contributed by atoms with Crippen molar-refractivity contribution in [2.75, 3.05) is 13.2 Å². The van der Waals surface area contributed by atoms with Gasteiger partial charge >= 0.3 is 5.97 Å². The van der Waals surface area contributed by atoms with Crippen LogP contribution in [-0.4, -0.2) is 55.0 Å². The average Bonchev–Trinajstić information content (AvgIpc) is 2.90. The van der Waals surface area contributed by atoms with E-state index in [1.54, 1.807) is 6.92 Å². The molecular formula is C28H44N6O4. The zero-order valence-corrected chi connectivity index (χ0v) is 22.5. The minimum atomic E-state index is -0.970. The van der Waals surface area contributed by atoms with Crippen molar-refractivity contribution >= 4 is 29.3 Å². The molecule has 1 saturated carbocycles. The number of amides is 2. The van der Waals surface area contributed by atoms with Gasteiger partial charge in [-0.2, -0.15) is 0 Å². The van der Waals surface area contributed by atoms with Gasteiger partial charge < -0.3 is 32.6 Å². The minimum absolute atomic E-state index is 0.0477. The number of benzene rings is 1. The van der Waals surface area contributed by atoms with Crippen LogP contribution < -0.4 is 27.8 Å². The van der Waals surface area contributed by atoms with Gasteiger partial charge in [0.2, 0.25) is 11.8 Å². The normalized spacial score (nSPS) is 15.9. The van der Waals surface area contributed by atoms with E-state index in [0.717, 1.165) is 31.2 Å². The number of carbonyl (C=O) groups excluding carboxylic acids is 3. The summed E-state index contributed by atoms with van der Waals surface area (Å²) in [7, 11) is 0. The summed E-state index contributed by atoms with van der Waals surface area (Å²) in [4.78, 5) is 43.0. The Balaban J connectivity index is 2.13. The summed E-state index contributed by atoms with van der Waals surface area (Å²) < 4.78 is 5.15. The van der Waals surface area contributed by atoms with E-state index in [0.29, 0.717) is 30.9 Å². The Morgan fingerprint density at radius 1 is 1.05 bits per heavy atom. The number of hydrogen-bond donors (Lipinski definition) is 5. The fourth-order valence-corrected chi connectivity index (χ4v) is 4.68. The van der Waals surface area contributed by atoms with Crippen LogP contribution >= 0.6 is 0 Å². The summed E-state index contributed by atoms with van der Waals surface area (Å²) in [6.07, 6.45) is 7.10. The van der Waals surface area contributed by atoms with Crippen molar-refractivity contribution < 1.29 is 19.1 Å². The van der Waals surface area contributed by atoms with Crippen LogP contribution in [0.4, 0.5) is 0 Å². The Hall–Kier alpha value is -3.40. The minimum Gasteiger partial charge on any atom is -0.464 e. The molecule has 1 aliphatic rings. The molecule has 1 aromatic rings. The second kappa shape index (κ2) is 16.4. The van der Waals surface area contributed by atoms with Gasteiger partial charge in [-0.15, -0.1) is 0 Å². The molecule has 1 aromatic carbocycles. The predicted octanol–water partition coefficient (Wildman–Crippen LogP) is 1.97. The molecule has 0 unspecified atom stereocenters. The van der Waals surface area contributed by atoms with Gasteiger partial charge in [-0.3, -0.25) is 14.6 Å². The van der Waals surface area contributed by atoms with Gasteiger partial charge in [0, 0.05) is 13.0 Å². The van der Waals surface area contributed by atoms with Crippen LogP contribution in [-0.2, 0) is 19.1 Å². The second-order valence-corrected chi connectivity index (χ2v) is 9.84. The number of ether oxygens (including phenoxy) is 1. The van der Waals surface area contributed by atoms with Crippen molar-refractivity contribution in [3.63, 3.8) is 0 Å². The maximum Gasteiger partial charge on any atom is 0.328 e. The number of carbonyl (C=O) groups is 3. The lowest BCUT2D eigenvalue weighted by molar-refractivity contribution is -0.147. The van der Waals surface area contributed by atoms with E-state index in [9.17, 15) is 14.4 Å². The maximum atomic E-state index is 13.4. The number of nitrogens with one attached hydrogen (secondary N) is 2. The molecule has 38 heavy (non-hydrogen) atoms. The molecule has 0 saturated heterocycles. The third-order valence-corrected chi connectivity index (χ3v) is 6.75. The van der Waals surface area contributed by atoms with Crippen LogP contribution in [0.5, 0.6) is 0 Å². The summed E-state index contributed by atoms with van der Waals surface area (Å²) >= 11 is 0. The molecule has 2 amide bonds. The molecule has 8 N–H and O–H groups in total. The summed E-state index contributed by atoms with van der Waals surface area (Å²) in [5.41, 5.74) is 18.5. The average molecular weight is 529 g/mol. The maximum absolute atomic E-state index is 13.4. The van der Waals surface area contributed by atoms with Gasteiger partial charge in [-0.25, -0.2) is 4.79 Å². The first-order valence-corrected chi connectivity index (χ1v) is 13.5. The van der Waals surface area contributed by atoms with Crippen LogP contribution in [0.3, 0.4) is 0 Å². The largest absolute Gasteiger partial charge is 0.464 e. The Morgan fingerprint density at radius 2 is 1.71 bits per heavy atom. The van der Waals surface area contributed by atoms with Crippen molar-refractivity contribution in [1.82, 2.24) is 10.6 Å². The Kier molecular flexibility index (Phi) is 13.3. The Labute approximate surface area is 225 Å². The topological polar surface area (TPSA) is 175 Å². The van der Waals surface area contributed by atoms with Crippen molar-refractivity contribution in [2.45, 2.75) is 82.8 Å². The van der Waals surface area contributed by atoms with Crippen molar-refractivity contribution in [1.29, 1.82) is 0 Å². The first kappa shape index (κ1) is 30.8. The highest BCUT2D eigenvalue weighted by molar-refractivity contribution is 5.93. The first-order chi connectivity index (χ1) is 18.2. The molecule has 210 valence electrons. The molecule has 2 rings (SSSR count). The second-order valence-electron chi connectivity index (χ2n) is 9.84. The molecule has 0 aliphatic heterocycles. The number of rotatable bonds is 15. The van der Waals surface area contributed by atoms with E-state index in [2.05, 4.69) is 22.2 Å². The van der Waals surface area contributed by atoms with E-state index < -0.39 is 35.9 Å². The molecule has 0 radical (unpaired) electrons. The molecule has 0 aromatic heterocycles. The highest BCUT2D eigenvalue weighted by Crippen LogP contribution is 2.27. The van der Waals surface area contributed by atoms with Gasteiger partial charge in [-0.1, -0.05) is 69.0 Å². The molecule has 10 heteroatoms. The highest BCUT2D eigenvalue weighted by atomic mass is 16.5. The number of guanidine groups is 1. The summed E-state index contributed by atoms with van der Waals surface area (Å²) in [6.45, 7) is 6.28. The van der Waals surface area contributed by atoms with E-state index in [1.807, 2.05) is 30.3 Å². The van der Waals surface area contributed by atoms with Crippen LogP contribution in [0, 0.1) is 5.92 Å². The Bertz CT molecular complexity index is 942. The molecule has 0 spiro atoms. The van der Waals surface area contributed by atoms with Crippen LogP contribution in [0.2, 0.25) is 0 Å². The standard InChI is InChI=1S/C28H44N6O4/c1-3-38-27(37)23(15-10-16-32-28(30)31)33-26(36)24(17-19(2)21-13-8-5-9-14-21)34-25(35)22(29)18-20-11-6-4-7-12-20/h5,8-9,13-14,20,22-24H,2-4,6-7,10-12,15-18,29H2,1H3,(H,33,36)(H,34,35)(H4,30,31,32)/t22-,23+,24+/m1/s1. The summed E-state index contributed by atoms with van der Waals surface area (Å²) in [5, 5.41) is 5.57. The smallest absolute Gasteiger partial charge is 0.328 e. The van der Waals surface area contributed by atoms with Gasteiger partial charge in [0.25, 0.3) is 0 Å². The molecule has 0 heterocycles. The lowest BCUT2D eigenvalue weighted by Gasteiger charge is -2.27. The monoisotopic (exact) mass is 528 g/mol. The van der Waals surface area contributed by atoms with Gasteiger partial charge in [0.15, 0.2) is 5.96 Å². The van der Waals surface area contributed by atoms with E-state index in [4.69, 9.17) is 21.9 Å². The fourth-order valence-electron chi connectivity index (χ4n) is 4.68. The summed E-state index contributed by atoms with van der Waals surface area (Å²) in [6, 6.07) is 6.80. The third kappa shape index (κ3) is 10.9. The van der Waals surface area contributed by atoms with Gasteiger partial charge in [0.1, 0.15) is 12.1 Å². The number of nitrogens with zero attached hydrogens (tertiary/aromatic N) is 1. The fraction of sp³-hybridized carbons (Fsp3) is 0.571. The summed E-state index contributed by atoms with van der Waals surface area (Å²) in [5.74, 6) is -1.10. The van der Waals surface area contributed by atoms with E-state index in [1.165, 1.54) is 6.42 Å². The lowest BCUT2D eigenvalue weighted by Crippen LogP contribution is -2.55. The molecule has 3 atom stereocenters. The third-order valence-electron chi connectivity index (χ3n) is 6.75. The van der Waals surface area contributed by atoms with Crippen LogP contribution in [0.1, 0.15) is 70.3 Å². The number of hydrogen-bond acceptors (Lipinski definition) is 6. The van der Waals surface area contributed by atoms with E-state index in [-0.39, 0.29) is 25.4 Å². The first-order valence-electron chi connectivity index (χ1n) is 13.5. The van der Waals surface area contributed by atoms with E-state index >= 15 is 0 Å². The highest BCUT2D eigenvalue weighted by Gasteiger charge is 2.30. The number of esters is 1. The van der Waals surface area contributed by atoms with Crippen molar-refractivity contribution in [3.05, 3.63) is 42.5 Å². The molecule has 1 aliphatic carbocycles. The molecule has 10 nitrogen and oxygen atoms in total. The number of aliphatic imine (C=N–C) groups is 1. The molecular weight excluding hydrogens is 484 g/mol. The van der Waals surface area contributed by atoms with Crippen LogP contribution in [0.25, 0.3) is 5.57 Å². The zero-order chi connectivity index (χ0) is 27.9. The van der Waals surface area contributed by atoms with Crippen molar-refractivity contribution in [2.24, 2.45) is 28.1 Å². The number of nitrogens with two attached hydrogens (primary N) is 3. The zero-order valence-electron chi connectivity index (χ0n) is 22.5. The quantitative estimate of drug-likeness (QED) is 0.100. The lowest BCUT2D eigenvalue weighted by atomic mass is 9.85. The Morgan fingerprint density at radius 3 is 2.34 bits per heavy atom. The van der Waals surface area contributed by atoms with Gasteiger partial charge in [-0.05, 0) is 43.2 Å². The SMILES string of the molecule is C=C(C[C@H](NC(=O)[C@H](N)CC1CCCCC1)C(=O)N[C@@H](CCCN=C(N)N)C(=O)OCC)c1ccccc1. The molecule has 1 fully saturated rings. The molecule has 0 bridgehead atoms. The predicted molar refractivity (Wildman–Crippen MR) is 150 cm³/mol. The van der Waals surface area contributed by atoms with Crippen LogP contribution in [0.15, 0.2) is 41.9 Å².